The number of carbonyl (C=O) groups excluding carboxylic acids is 1. The van der Waals surface area contributed by atoms with Gasteiger partial charge in [0.1, 0.15) is 6.10 Å². The third-order valence-electron chi connectivity index (χ3n) is 4.13. The van der Waals surface area contributed by atoms with E-state index in [-0.39, 0.29) is 18.2 Å². The Kier molecular flexibility index (Phi) is 7.61. The highest BCUT2D eigenvalue weighted by molar-refractivity contribution is 5.80. The fourth-order valence-electron chi connectivity index (χ4n) is 2.99. The van der Waals surface area contributed by atoms with Crippen molar-refractivity contribution in [1.29, 1.82) is 0 Å². The summed E-state index contributed by atoms with van der Waals surface area (Å²) in [6, 6.07) is 0. The van der Waals surface area contributed by atoms with Crippen molar-refractivity contribution >= 4 is 11.9 Å². The summed E-state index contributed by atoms with van der Waals surface area (Å²) in [5.41, 5.74) is 0. The molecule has 0 spiro atoms. The molecule has 2 fully saturated rings. The fourth-order valence-corrected chi connectivity index (χ4v) is 2.99. The van der Waals surface area contributed by atoms with E-state index in [1.807, 2.05) is 6.92 Å². The van der Waals surface area contributed by atoms with E-state index in [0.717, 1.165) is 44.9 Å². The zero-order valence-electron chi connectivity index (χ0n) is 14.3. The summed E-state index contributed by atoms with van der Waals surface area (Å²) in [5, 5.41) is 3.32. The van der Waals surface area contributed by atoms with Gasteiger partial charge in [-0.3, -0.25) is 9.79 Å². The average molecular weight is 327 g/mol. The molecule has 2 saturated heterocycles. The van der Waals surface area contributed by atoms with Gasteiger partial charge in [0.15, 0.2) is 5.96 Å². The van der Waals surface area contributed by atoms with Gasteiger partial charge in [0.25, 0.3) is 0 Å². The monoisotopic (exact) mass is 327 g/mol. The lowest BCUT2D eigenvalue weighted by Crippen LogP contribution is -2.53. The number of aliphatic imine (C=N–C) groups is 1. The maximum atomic E-state index is 11.3. The largest absolute Gasteiger partial charge is 0.466 e. The molecule has 0 radical (unpaired) electrons. The van der Waals surface area contributed by atoms with Crippen molar-refractivity contribution in [2.75, 3.05) is 46.5 Å². The van der Waals surface area contributed by atoms with Gasteiger partial charge in [-0.05, 0) is 26.2 Å². The summed E-state index contributed by atoms with van der Waals surface area (Å²) in [4.78, 5) is 17.9. The molecule has 2 aliphatic rings. The van der Waals surface area contributed by atoms with Crippen LogP contribution in [0.2, 0.25) is 0 Å². The maximum absolute atomic E-state index is 11.3. The summed E-state index contributed by atoms with van der Waals surface area (Å²) in [7, 11) is 1.78. The minimum Gasteiger partial charge on any atom is -0.466 e. The summed E-state index contributed by atoms with van der Waals surface area (Å²) in [6.45, 7) is 6.10. The Hall–Kier alpha value is -1.34. The van der Waals surface area contributed by atoms with E-state index in [2.05, 4.69) is 15.2 Å². The first-order chi connectivity index (χ1) is 11.2. The number of nitrogens with zero attached hydrogens (tertiary/aromatic N) is 2. The van der Waals surface area contributed by atoms with Gasteiger partial charge in [-0.2, -0.15) is 0 Å². The van der Waals surface area contributed by atoms with Crippen LogP contribution < -0.4 is 5.32 Å². The molecule has 23 heavy (non-hydrogen) atoms. The number of hydrogen-bond acceptors (Lipinski definition) is 5. The van der Waals surface area contributed by atoms with Crippen LogP contribution in [0.4, 0.5) is 0 Å². The molecule has 0 aromatic rings. The second-order valence-corrected chi connectivity index (χ2v) is 5.79. The van der Waals surface area contributed by atoms with Crippen LogP contribution in [-0.2, 0) is 19.0 Å². The zero-order valence-corrected chi connectivity index (χ0v) is 14.3. The lowest BCUT2D eigenvalue weighted by Gasteiger charge is -2.37. The Morgan fingerprint density at radius 3 is 2.87 bits per heavy atom. The van der Waals surface area contributed by atoms with Crippen LogP contribution >= 0.6 is 0 Å². The lowest BCUT2D eigenvalue weighted by atomic mass is 10.1. The van der Waals surface area contributed by atoms with Crippen molar-refractivity contribution in [2.45, 2.75) is 44.8 Å². The highest BCUT2D eigenvalue weighted by Crippen LogP contribution is 2.20. The molecule has 2 heterocycles. The SMILES string of the molecule is CCOC(=O)CCCNC(=NC)N1CCOC(C2CCCO2)C1. The van der Waals surface area contributed by atoms with Crippen molar-refractivity contribution in [1.82, 2.24) is 10.2 Å². The third-order valence-corrected chi connectivity index (χ3v) is 4.13. The first-order valence-electron chi connectivity index (χ1n) is 8.59. The smallest absolute Gasteiger partial charge is 0.305 e. The second-order valence-electron chi connectivity index (χ2n) is 5.79. The zero-order chi connectivity index (χ0) is 16.5. The van der Waals surface area contributed by atoms with E-state index in [0.29, 0.717) is 26.2 Å². The fraction of sp³-hybridized carbons (Fsp3) is 0.875. The van der Waals surface area contributed by atoms with Gasteiger partial charge >= 0.3 is 5.97 Å². The number of esters is 1. The molecule has 2 aliphatic heterocycles. The average Bonchev–Trinajstić information content (AvgIpc) is 3.10. The number of ether oxygens (including phenoxy) is 3. The molecular weight excluding hydrogens is 298 g/mol. The van der Waals surface area contributed by atoms with E-state index in [1.54, 1.807) is 7.05 Å². The Morgan fingerprint density at radius 2 is 2.17 bits per heavy atom. The van der Waals surface area contributed by atoms with E-state index in [4.69, 9.17) is 14.2 Å². The molecule has 7 heteroatoms. The van der Waals surface area contributed by atoms with Gasteiger partial charge in [-0.15, -0.1) is 0 Å². The van der Waals surface area contributed by atoms with Gasteiger partial charge in [0.05, 0.1) is 19.3 Å². The van der Waals surface area contributed by atoms with Gasteiger partial charge in [-0.1, -0.05) is 0 Å². The molecular formula is C16H29N3O4. The van der Waals surface area contributed by atoms with E-state index in [9.17, 15) is 4.79 Å². The standard InChI is InChI=1S/C16H29N3O4/c1-3-21-15(20)7-4-8-18-16(17-2)19-9-11-23-14(12-19)13-6-5-10-22-13/h13-14H,3-12H2,1-2H3,(H,17,18). The normalized spacial score (nSPS) is 25.5. The Labute approximate surface area is 138 Å². The summed E-state index contributed by atoms with van der Waals surface area (Å²) in [6.07, 6.45) is 3.68. The Balaban J connectivity index is 1.73. The Morgan fingerprint density at radius 1 is 1.35 bits per heavy atom. The van der Waals surface area contributed by atoms with Gasteiger partial charge < -0.3 is 24.4 Å². The molecule has 0 amide bonds. The molecule has 0 bridgehead atoms. The maximum Gasteiger partial charge on any atom is 0.305 e. The highest BCUT2D eigenvalue weighted by atomic mass is 16.5. The predicted molar refractivity (Wildman–Crippen MR) is 87.5 cm³/mol. The first kappa shape index (κ1) is 18.0. The molecule has 0 aromatic heterocycles. The molecule has 0 saturated carbocycles. The first-order valence-corrected chi connectivity index (χ1v) is 8.59. The van der Waals surface area contributed by atoms with Gasteiger partial charge in [-0.25, -0.2) is 0 Å². The van der Waals surface area contributed by atoms with Gasteiger partial charge in [0, 0.05) is 39.7 Å². The molecule has 1 N–H and O–H groups in total. The Bertz CT molecular complexity index is 397. The lowest BCUT2D eigenvalue weighted by molar-refractivity contribution is -0.143. The number of nitrogens with one attached hydrogen (secondary N) is 1. The van der Waals surface area contributed by atoms with E-state index < -0.39 is 0 Å². The molecule has 2 unspecified atom stereocenters. The molecule has 0 aromatic carbocycles. The summed E-state index contributed by atoms with van der Waals surface area (Å²) in [5.74, 6) is 0.717. The van der Waals surface area contributed by atoms with Crippen molar-refractivity contribution < 1.29 is 19.0 Å². The molecule has 2 rings (SSSR count). The minimum absolute atomic E-state index is 0.115. The number of carbonyl (C=O) groups is 1. The van der Waals surface area contributed by atoms with E-state index in [1.165, 1.54) is 0 Å². The molecule has 7 nitrogen and oxygen atoms in total. The van der Waals surface area contributed by atoms with Crippen LogP contribution in [0.5, 0.6) is 0 Å². The van der Waals surface area contributed by atoms with Crippen LogP contribution in [0.3, 0.4) is 0 Å². The third kappa shape index (κ3) is 5.66. The molecule has 132 valence electrons. The van der Waals surface area contributed by atoms with Crippen molar-refractivity contribution in [2.24, 2.45) is 4.99 Å². The minimum atomic E-state index is -0.144. The van der Waals surface area contributed by atoms with Gasteiger partial charge in [0.2, 0.25) is 0 Å². The second kappa shape index (κ2) is 9.72. The summed E-state index contributed by atoms with van der Waals surface area (Å²) < 4.78 is 16.5. The van der Waals surface area contributed by atoms with E-state index >= 15 is 0 Å². The van der Waals surface area contributed by atoms with Crippen LogP contribution in [0, 0.1) is 0 Å². The van der Waals surface area contributed by atoms with Crippen molar-refractivity contribution in [3.63, 3.8) is 0 Å². The number of hydrogen-bond donors (Lipinski definition) is 1. The molecule has 2 atom stereocenters. The molecule has 0 aliphatic carbocycles. The van der Waals surface area contributed by atoms with Crippen LogP contribution in [0.1, 0.15) is 32.6 Å². The number of rotatable bonds is 6. The topological polar surface area (TPSA) is 72.4 Å². The van der Waals surface area contributed by atoms with Crippen molar-refractivity contribution in [3.05, 3.63) is 0 Å². The quantitative estimate of drug-likeness (QED) is 0.336. The van der Waals surface area contributed by atoms with Crippen LogP contribution in [0.25, 0.3) is 0 Å². The number of guanidine groups is 1. The highest BCUT2D eigenvalue weighted by Gasteiger charge is 2.32. The predicted octanol–water partition coefficient (Wildman–Crippen LogP) is 0.785. The van der Waals surface area contributed by atoms with Crippen LogP contribution in [-0.4, -0.2) is 75.5 Å². The summed E-state index contributed by atoms with van der Waals surface area (Å²) >= 11 is 0. The van der Waals surface area contributed by atoms with Crippen molar-refractivity contribution in [3.8, 4) is 0 Å². The number of morpholine rings is 1. The van der Waals surface area contributed by atoms with Crippen LogP contribution in [0.15, 0.2) is 4.99 Å².